The lowest BCUT2D eigenvalue weighted by Crippen LogP contribution is -2.10. The van der Waals surface area contributed by atoms with E-state index in [0.717, 1.165) is 18.4 Å². The van der Waals surface area contributed by atoms with Crippen LogP contribution < -0.4 is 0 Å². The van der Waals surface area contributed by atoms with Crippen LogP contribution >= 0.6 is 0 Å². The molecule has 2 nitrogen and oxygen atoms in total. The zero-order valence-electron chi connectivity index (χ0n) is 8.93. The molecule has 0 aliphatic rings. The van der Waals surface area contributed by atoms with Crippen LogP contribution in [0.25, 0.3) is 0 Å². The first kappa shape index (κ1) is 12.0. The predicted molar refractivity (Wildman–Crippen MR) is 61.5 cm³/mol. The molecule has 0 amide bonds. The molecule has 1 aromatic carbocycles. The monoisotopic (exact) mass is 206 g/mol. The maximum Gasteiger partial charge on any atom is 0.0758 e. The van der Waals surface area contributed by atoms with Gasteiger partial charge in [0.05, 0.1) is 12.7 Å². The van der Waals surface area contributed by atoms with Crippen LogP contribution in [0.15, 0.2) is 43.0 Å². The summed E-state index contributed by atoms with van der Waals surface area (Å²) < 4.78 is 5.65. The predicted octanol–water partition coefficient (Wildman–Crippen LogP) is 2.53. The average molecular weight is 206 g/mol. The van der Waals surface area contributed by atoms with Crippen molar-refractivity contribution in [2.45, 2.75) is 25.6 Å². The highest BCUT2D eigenvalue weighted by molar-refractivity contribution is 5.13. The molecular weight excluding hydrogens is 188 g/mol. The van der Waals surface area contributed by atoms with E-state index < -0.39 is 0 Å². The molecule has 0 aromatic heterocycles. The molecule has 0 spiro atoms. The van der Waals surface area contributed by atoms with E-state index in [1.807, 2.05) is 30.3 Å². The van der Waals surface area contributed by atoms with Gasteiger partial charge in [-0.15, -0.1) is 6.58 Å². The molecule has 0 saturated carbocycles. The van der Waals surface area contributed by atoms with Crippen LogP contribution in [0.5, 0.6) is 0 Å². The van der Waals surface area contributed by atoms with Crippen molar-refractivity contribution in [2.24, 2.45) is 0 Å². The van der Waals surface area contributed by atoms with E-state index in [1.54, 1.807) is 6.08 Å². The van der Waals surface area contributed by atoms with E-state index in [9.17, 15) is 0 Å². The molecule has 1 rings (SSSR count). The molecule has 1 aromatic rings. The summed E-state index contributed by atoms with van der Waals surface area (Å²) in [4.78, 5) is 0. The van der Waals surface area contributed by atoms with Crippen LogP contribution in [0.1, 0.15) is 18.4 Å². The van der Waals surface area contributed by atoms with Crippen LogP contribution in [0, 0.1) is 0 Å². The third-order valence-electron chi connectivity index (χ3n) is 2.22. The summed E-state index contributed by atoms with van der Waals surface area (Å²) in [5.41, 5.74) is 1.16. The number of ether oxygens (including phenoxy) is 1. The zero-order valence-corrected chi connectivity index (χ0v) is 8.93. The van der Waals surface area contributed by atoms with Gasteiger partial charge in [-0.2, -0.15) is 0 Å². The van der Waals surface area contributed by atoms with Gasteiger partial charge in [-0.3, -0.25) is 0 Å². The summed E-state index contributed by atoms with van der Waals surface area (Å²) in [5.74, 6) is 0. The molecule has 82 valence electrons. The quantitative estimate of drug-likeness (QED) is 0.695. The summed E-state index contributed by atoms with van der Waals surface area (Å²) in [6.07, 6.45) is 3.41. The Morgan fingerprint density at radius 1 is 1.33 bits per heavy atom. The molecule has 0 radical (unpaired) electrons. The minimum Gasteiger partial charge on any atom is -0.396 e. The van der Waals surface area contributed by atoms with E-state index in [4.69, 9.17) is 9.84 Å². The van der Waals surface area contributed by atoms with Crippen LogP contribution in [0.2, 0.25) is 0 Å². The normalized spacial score (nSPS) is 12.3. The Hall–Kier alpha value is -1.12. The number of hydrogen-bond donors (Lipinski definition) is 1. The van der Waals surface area contributed by atoms with Gasteiger partial charge in [-0.25, -0.2) is 0 Å². The molecule has 0 heterocycles. The Bertz CT molecular complexity index is 269. The van der Waals surface area contributed by atoms with Crippen LogP contribution in [0.3, 0.4) is 0 Å². The maximum atomic E-state index is 8.71. The van der Waals surface area contributed by atoms with Gasteiger partial charge in [0.1, 0.15) is 0 Å². The maximum absolute atomic E-state index is 8.71. The fourth-order valence-electron chi connectivity index (χ4n) is 1.34. The molecule has 0 fully saturated rings. The minimum absolute atomic E-state index is 0.0392. The third-order valence-corrected chi connectivity index (χ3v) is 2.22. The Morgan fingerprint density at radius 2 is 2.07 bits per heavy atom. The van der Waals surface area contributed by atoms with Crippen molar-refractivity contribution in [2.75, 3.05) is 6.61 Å². The summed E-state index contributed by atoms with van der Waals surface area (Å²) in [6, 6.07) is 10.0. The lowest BCUT2D eigenvalue weighted by molar-refractivity contribution is 0.0618. The van der Waals surface area contributed by atoms with Crippen molar-refractivity contribution in [3.8, 4) is 0 Å². The van der Waals surface area contributed by atoms with Crippen molar-refractivity contribution < 1.29 is 9.84 Å². The van der Waals surface area contributed by atoms with Gasteiger partial charge >= 0.3 is 0 Å². The van der Waals surface area contributed by atoms with Gasteiger partial charge in [-0.05, 0) is 18.4 Å². The second-order valence-electron chi connectivity index (χ2n) is 3.44. The molecule has 1 unspecified atom stereocenters. The second-order valence-corrected chi connectivity index (χ2v) is 3.44. The highest BCUT2D eigenvalue weighted by Crippen LogP contribution is 2.08. The largest absolute Gasteiger partial charge is 0.396 e. The first-order valence-electron chi connectivity index (χ1n) is 5.25. The molecule has 0 bridgehead atoms. The van der Waals surface area contributed by atoms with Gasteiger partial charge in [0.25, 0.3) is 0 Å². The Balaban J connectivity index is 2.31. The summed E-state index contributed by atoms with van der Waals surface area (Å²) in [5, 5.41) is 8.71. The first-order chi connectivity index (χ1) is 7.36. The Morgan fingerprint density at radius 3 is 2.67 bits per heavy atom. The van der Waals surface area contributed by atoms with Crippen LogP contribution in [-0.4, -0.2) is 17.8 Å². The molecule has 0 saturated heterocycles. The van der Waals surface area contributed by atoms with E-state index >= 15 is 0 Å². The number of rotatable bonds is 7. The minimum atomic E-state index is 0.0392. The van der Waals surface area contributed by atoms with Crippen molar-refractivity contribution in [3.63, 3.8) is 0 Å². The highest BCUT2D eigenvalue weighted by atomic mass is 16.5. The van der Waals surface area contributed by atoms with Crippen molar-refractivity contribution in [1.82, 2.24) is 0 Å². The molecular formula is C13H18O2. The standard InChI is InChI=1S/C13H18O2/c1-2-13(9-6-10-14)15-11-12-7-4-3-5-8-12/h2-5,7-8,13-14H,1,6,9-11H2. The molecule has 1 atom stereocenters. The average Bonchev–Trinajstić information content (AvgIpc) is 2.31. The third kappa shape index (κ3) is 4.77. The van der Waals surface area contributed by atoms with E-state index in [-0.39, 0.29) is 12.7 Å². The molecule has 0 aliphatic carbocycles. The van der Waals surface area contributed by atoms with E-state index in [2.05, 4.69) is 6.58 Å². The van der Waals surface area contributed by atoms with Crippen molar-refractivity contribution >= 4 is 0 Å². The van der Waals surface area contributed by atoms with Gasteiger partial charge in [-0.1, -0.05) is 36.4 Å². The van der Waals surface area contributed by atoms with Crippen LogP contribution in [-0.2, 0) is 11.3 Å². The topological polar surface area (TPSA) is 29.5 Å². The number of hydrogen-bond acceptors (Lipinski definition) is 2. The molecule has 2 heteroatoms. The molecule has 15 heavy (non-hydrogen) atoms. The smallest absolute Gasteiger partial charge is 0.0758 e. The lowest BCUT2D eigenvalue weighted by Gasteiger charge is -2.13. The first-order valence-corrected chi connectivity index (χ1v) is 5.25. The molecule has 0 aliphatic heterocycles. The number of benzene rings is 1. The zero-order chi connectivity index (χ0) is 10.9. The van der Waals surface area contributed by atoms with Gasteiger partial charge in [0, 0.05) is 6.61 Å². The fraction of sp³-hybridized carbons (Fsp3) is 0.385. The van der Waals surface area contributed by atoms with E-state index in [0.29, 0.717) is 6.61 Å². The SMILES string of the molecule is C=CC(CCCO)OCc1ccccc1. The number of aliphatic hydroxyl groups excluding tert-OH is 1. The Kier molecular flexibility index (Phi) is 5.74. The lowest BCUT2D eigenvalue weighted by atomic mass is 10.2. The highest BCUT2D eigenvalue weighted by Gasteiger charge is 2.03. The van der Waals surface area contributed by atoms with Crippen molar-refractivity contribution in [3.05, 3.63) is 48.6 Å². The summed E-state index contributed by atoms with van der Waals surface area (Å²) >= 11 is 0. The fourth-order valence-corrected chi connectivity index (χ4v) is 1.34. The summed E-state index contributed by atoms with van der Waals surface area (Å²) in [7, 11) is 0. The Labute approximate surface area is 91.2 Å². The summed E-state index contributed by atoms with van der Waals surface area (Å²) in [6.45, 7) is 4.53. The van der Waals surface area contributed by atoms with Gasteiger partial charge in [0.15, 0.2) is 0 Å². The van der Waals surface area contributed by atoms with E-state index in [1.165, 1.54) is 0 Å². The van der Waals surface area contributed by atoms with Crippen molar-refractivity contribution in [1.29, 1.82) is 0 Å². The number of aliphatic hydroxyl groups is 1. The van der Waals surface area contributed by atoms with Gasteiger partial charge in [0.2, 0.25) is 0 Å². The molecule has 1 N–H and O–H groups in total. The second kappa shape index (κ2) is 7.21. The van der Waals surface area contributed by atoms with Crippen LogP contribution in [0.4, 0.5) is 0 Å². The van der Waals surface area contributed by atoms with Gasteiger partial charge < -0.3 is 9.84 Å².